The van der Waals surface area contributed by atoms with Gasteiger partial charge >= 0.3 is 6.29 Å². The van der Waals surface area contributed by atoms with Crippen molar-refractivity contribution in [2.24, 2.45) is 5.73 Å². The number of alkyl halides is 2. The normalized spacial score (nSPS) is 18.9. The van der Waals surface area contributed by atoms with Gasteiger partial charge in [-0.05, 0) is 31.0 Å². The fraction of sp³-hybridized carbons (Fsp3) is 0.400. The summed E-state index contributed by atoms with van der Waals surface area (Å²) in [6.07, 6.45) is -2.93. The molecular formula is C10H11F2NO2. The predicted molar refractivity (Wildman–Crippen MR) is 50.0 cm³/mol. The van der Waals surface area contributed by atoms with Gasteiger partial charge in [-0.25, -0.2) is 0 Å². The Morgan fingerprint density at radius 2 is 2.00 bits per heavy atom. The maximum Gasteiger partial charge on any atom is 0.586 e. The molecule has 0 fully saturated rings. The zero-order valence-corrected chi connectivity index (χ0v) is 8.17. The Kier molecular flexibility index (Phi) is 2.26. The number of hydrogen-bond acceptors (Lipinski definition) is 3. The van der Waals surface area contributed by atoms with E-state index in [1.165, 1.54) is 12.1 Å². The molecule has 82 valence electrons. The Labute approximate surface area is 85.8 Å². The van der Waals surface area contributed by atoms with Crippen LogP contribution in [0.25, 0.3) is 0 Å². The van der Waals surface area contributed by atoms with E-state index in [2.05, 4.69) is 9.47 Å². The van der Waals surface area contributed by atoms with E-state index in [1.807, 2.05) is 6.92 Å². The number of ether oxygens (including phenoxy) is 2. The summed E-state index contributed by atoms with van der Waals surface area (Å²) < 4.78 is 33.9. The topological polar surface area (TPSA) is 44.5 Å². The molecule has 15 heavy (non-hydrogen) atoms. The van der Waals surface area contributed by atoms with Crippen molar-refractivity contribution in [1.29, 1.82) is 0 Å². The highest BCUT2D eigenvalue weighted by molar-refractivity contribution is 5.45. The molecule has 0 saturated heterocycles. The van der Waals surface area contributed by atoms with Gasteiger partial charge in [-0.2, -0.15) is 0 Å². The molecule has 3 nitrogen and oxygen atoms in total. The van der Waals surface area contributed by atoms with Gasteiger partial charge in [-0.1, -0.05) is 6.07 Å². The molecular weight excluding hydrogens is 204 g/mol. The predicted octanol–water partition coefficient (Wildman–Crippen LogP) is 1.90. The fourth-order valence-corrected chi connectivity index (χ4v) is 1.49. The van der Waals surface area contributed by atoms with Crippen molar-refractivity contribution in [2.75, 3.05) is 0 Å². The molecule has 1 aromatic carbocycles. The highest BCUT2D eigenvalue weighted by atomic mass is 19.3. The third-order valence-corrected chi connectivity index (χ3v) is 2.02. The molecule has 1 aliphatic heterocycles. The molecule has 1 atom stereocenters. The van der Waals surface area contributed by atoms with Gasteiger partial charge in [0.15, 0.2) is 11.5 Å². The number of hydrogen-bond donors (Lipinski definition) is 1. The summed E-state index contributed by atoms with van der Waals surface area (Å²) in [5.41, 5.74) is 6.45. The lowest BCUT2D eigenvalue weighted by Crippen LogP contribution is -2.25. The quantitative estimate of drug-likeness (QED) is 0.819. The average molecular weight is 215 g/mol. The van der Waals surface area contributed by atoms with Crippen molar-refractivity contribution in [3.8, 4) is 11.5 Å². The Bertz CT molecular complexity index is 380. The summed E-state index contributed by atoms with van der Waals surface area (Å²) in [5, 5.41) is 0. The van der Waals surface area contributed by atoms with Crippen molar-refractivity contribution < 1.29 is 18.3 Å². The summed E-state index contributed by atoms with van der Waals surface area (Å²) >= 11 is 0. The van der Waals surface area contributed by atoms with Gasteiger partial charge < -0.3 is 15.2 Å². The molecule has 2 N–H and O–H groups in total. The highest BCUT2D eigenvalue weighted by Crippen LogP contribution is 2.41. The minimum atomic E-state index is -3.55. The minimum absolute atomic E-state index is 0.0223. The molecule has 0 unspecified atom stereocenters. The molecule has 0 saturated carbocycles. The first kappa shape index (κ1) is 10.2. The third kappa shape index (κ3) is 2.18. The zero-order valence-electron chi connectivity index (χ0n) is 8.17. The van der Waals surface area contributed by atoms with Gasteiger partial charge in [-0.15, -0.1) is 8.78 Å². The summed E-state index contributed by atoms with van der Waals surface area (Å²) in [5.74, 6) is 0.131. The van der Waals surface area contributed by atoms with Crippen LogP contribution in [0.1, 0.15) is 12.5 Å². The van der Waals surface area contributed by atoms with Crippen LogP contribution in [0.15, 0.2) is 18.2 Å². The van der Waals surface area contributed by atoms with Crippen LogP contribution >= 0.6 is 0 Å². The van der Waals surface area contributed by atoms with Crippen molar-refractivity contribution in [3.05, 3.63) is 23.8 Å². The van der Waals surface area contributed by atoms with E-state index < -0.39 is 6.29 Å². The summed E-state index contributed by atoms with van der Waals surface area (Å²) in [7, 11) is 0. The number of halogens is 2. The van der Waals surface area contributed by atoms with Gasteiger partial charge in [0.25, 0.3) is 0 Å². The standard InChI is InChI=1S/C10H11F2NO2/c1-6(13)4-7-2-3-8-9(5-7)15-10(11,12)14-8/h2-3,5-6H,4,13H2,1H3/t6-/m0/s1. The molecule has 0 bridgehead atoms. The van der Waals surface area contributed by atoms with E-state index >= 15 is 0 Å². The van der Waals surface area contributed by atoms with E-state index in [4.69, 9.17) is 5.73 Å². The van der Waals surface area contributed by atoms with E-state index in [0.717, 1.165) is 5.56 Å². The largest absolute Gasteiger partial charge is 0.586 e. The molecule has 1 heterocycles. The average Bonchev–Trinajstić information content (AvgIpc) is 2.36. The number of fused-ring (bicyclic) bond motifs is 1. The first-order valence-corrected chi connectivity index (χ1v) is 4.60. The van der Waals surface area contributed by atoms with Crippen molar-refractivity contribution in [2.45, 2.75) is 25.7 Å². The highest BCUT2D eigenvalue weighted by Gasteiger charge is 2.43. The van der Waals surface area contributed by atoms with Gasteiger partial charge in [0.2, 0.25) is 0 Å². The lowest BCUT2D eigenvalue weighted by molar-refractivity contribution is -0.286. The van der Waals surface area contributed by atoms with E-state index in [0.29, 0.717) is 6.42 Å². The molecule has 0 amide bonds. The van der Waals surface area contributed by atoms with Gasteiger partial charge in [0.05, 0.1) is 0 Å². The number of benzene rings is 1. The van der Waals surface area contributed by atoms with Crippen LogP contribution in [-0.4, -0.2) is 12.3 Å². The van der Waals surface area contributed by atoms with Gasteiger partial charge in [-0.3, -0.25) is 0 Å². The van der Waals surface area contributed by atoms with Crippen LogP contribution in [0.4, 0.5) is 8.78 Å². The Balaban J connectivity index is 2.23. The van der Waals surface area contributed by atoms with E-state index in [1.54, 1.807) is 6.07 Å². The van der Waals surface area contributed by atoms with Crippen LogP contribution in [0.2, 0.25) is 0 Å². The fourth-order valence-electron chi connectivity index (χ4n) is 1.49. The molecule has 1 aromatic rings. The van der Waals surface area contributed by atoms with Crippen LogP contribution in [0.3, 0.4) is 0 Å². The molecule has 1 aliphatic rings. The number of rotatable bonds is 2. The van der Waals surface area contributed by atoms with Crippen LogP contribution < -0.4 is 15.2 Å². The second-order valence-electron chi connectivity index (χ2n) is 3.63. The maximum atomic E-state index is 12.7. The Morgan fingerprint density at radius 3 is 2.67 bits per heavy atom. The van der Waals surface area contributed by atoms with Crippen LogP contribution in [0.5, 0.6) is 11.5 Å². The second kappa shape index (κ2) is 3.34. The Hall–Kier alpha value is -1.36. The number of nitrogens with two attached hydrogens (primary N) is 1. The summed E-state index contributed by atoms with van der Waals surface area (Å²) in [4.78, 5) is 0. The van der Waals surface area contributed by atoms with E-state index in [9.17, 15) is 8.78 Å². The van der Waals surface area contributed by atoms with Crippen molar-refractivity contribution >= 4 is 0 Å². The molecule has 5 heteroatoms. The lowest BCUT2D eigenvalue weighted by atomic mass is 10.1. The van der Waals surface area contributed by atoms with E-state index in [-0.39, 0.29) is 17.5 Å². The zero-order chi connectivity index (χ0) is 11.1. The Morgan fingerprint density at radius 1 is 1.33 bits per heavy atom. The third-order valence-electron chi connectivity index (χ3n) is 2.02. The van der Waals surface area contributed by atoms with Crippen LogP contribution in [-0.2, 0) is 6.42 Å². The molecule has 0 aliphatic carbocycles. The second-order valence-corrected chi connectivity index (χ2v) is 3.63. The lowest BCUT2D eigenvalue weighted by Gasteiger charge is -2.05. The molecule has 2 rings (SSSR count). The van der Waals surface area contributed by atoms with Gasteiger partial charge in [0, 0.05) is 6.04 Å². The van der Waals surface area contributed by atoms with Gasteiger partial charge in [0.1, 0.15) is 0 Å². The molecule has 0 spiro atoms. The summed E-state index contributed by atoms with van der Waals surface area (Å²) in [6.45, 7) is 1.85. The van der Waals surface area contributed by atoms with Crippen molar-refractivity contribution in [1.82, 2.24) is 0 Å². The molecule has 0 aromatic heterocycles. The maximum absolute atomic E-state index is 12.7. The first-order chi connectivity index (χ1) is 6.96. The van der Waals surface area contributed by atoms with Crippen LogP contribution in [0, 0.1) is 0 Å². The molecule has 0 radical (unpaired) electrons. The van der Waals surface area contributed by atoms with Crippen molar-refractivity contribution in [3.63, 3.8) is 0 Å². The monoisotopic (exact) mass is 215 g/mol. The minimum Gasteiger partial charge on any atom is -0.395 e. The summed E-state index contributed by atoms with van der Waals surface area (Å²) in [6, 6.07) is 4.67. The SMILES string of the molecule is C[C@H](N)Cc1ccc2c(c1)OC(F)(F)O2. The smallest absolute Gasteiger partial charge is 0.395 e. The first-order valence-electron chi connectivity index (χ1n) is 4.60.